The van der Waals surface area contributed by atoms with Crippen molar-refractivity contribution in [2.45, 2.75) is 0 Å². The van der Waals surface area contributed by atoms with Crippen molar-refractivity contribution in [2.75, 3.05) is 41.3 Å². The summed E-state index contributed by atoms with van der Waals surface area (Å²) in [5.41, 5.74) is 0. The number of hydrogen-bond acceptors (Lipinski definition) is 2. The van der Waals surface area contributed by atoms with E-state index in [-0.39, 0.29) is 26.2 Å². The largest absolute Gasteiger partial charge is 0.308 e. The molecular formula is C6H16BiN2. The zero-order chi connectivity index (χ0) is 6.57. The molecule has 0 aliphatic rings. The molecule has 9 heavy (non-hydrogen) atoms. The van der Waals surface area contributed by atoms with Gasteiger partial charge in [-0.1, -0.05) is 0 Å². The molecule has 55 valence electrons. The van der Waals surface area contributed by atoms with Crippen molar-refractivity contribution < 1.29 is 0 Å². The van der Waals surface area contributed by atoms with E-state index >= 15 is 0 Å². The van der Waals surface area contributed by atoms with Crippen LogP contribution in [0, 0.1) is 0 Å². The van der Waals surface area contributed by atoms with Gasteiger partial charge in [0.25, 0.3) is 0 Å². The molecule has 0 spiro atoms. The molecule has 0 saturated heterocycles. The van der Waals surface area contributed by atoms with Crippen LogP contribution in [0.3, 0.4) is 0 Å². The van der Waals surface area contributed by atoms with E-state index in [1.807, 2.05) is 0 Å². The molecule has 0 amide bonds. The van der Waals surface area contributed by atoms with Gasteiger partial charge in [0.2, 0.25) is 0 Å². The molecule has 3 heteroatoms. The maximum atomic E-state index is 2.18. The van der Waals surface area contributed by atoms with Crippen molar-refractivity contribution in [1.82, 2.24) is 9.80 Å². The molecule has 0 aromatic rings. The van der Waals surface area contributed by atoms with Crippen molar-refractivity contribution >= 4 is 26.2 Å². The molecule has 0 N–H and O–H groups in total. The van der Waals surface area contributed by atoms with Gasteiger partial charge in [0.1, 0.15) is 0 Å². The van der Waals surface area contributed by atoms with E-state index in [9.17, 15) is 0 Å². The fourth-order valence-corrected chi connectivity index (χ4v) is 0.400. The van der Waals surface area contributed by atoms with Gasteiger partial charge in [-0.15, -0.1) is 0 Å². The summed E-state index contributed by atoms with van der Waals surface area (Å²) < 4.78 is 0. The van der Waals surface area contributed by atoms with Crippen molar-refractivity contribution in [3.63, 3.8) is 0 Å². The molecule has 0 aromatic heterocycles. The first-order chi connectivity index (χ1) is 3.63. The molecule has 0 heterocycles. The molecule has 0 aliphatic heterocycles. The van der Waals surface area contributed by atoms with Crippen LogP contribution in [0.15, 0.2) is 0 Å². The maximum absolute atomic E-state index is 2.18. The third kappa shape index (κ3) is 12.1. The Balaban J connectivity index is 0. The standard InChI is InChI=1S/C6H16N2.Bi/c1-7(2)5-6-8(3)4;/h5-6H2,1-4H3;. The van der Waals surface area contributed by atoms with Crippen molar-refractivity contribution in [3.8, 4) is 0 Å². The Morgan fingerprint density at radius 3 is 1.11 bits per heavy atom. The molecule has 3 radical (unpaired) electrons. The number of nitrogens with zero attached hydrogens (tertiary/aromatic N) is 2. The second-order valence-electron chi connectivity index (χ2n) is 2.61. The first-order valence-electron chi connectivity index (χ1n) is 2.92. The van der Waals surface area contributed by atoms with E-state index in [0.717, 1.165) is 13.1 Å². The normalized spacial score (nSPS) is 10.0. The minimum Gasteiger partial charge on any atom is -0.308 e. The summed E-state index contributed by atoms with van der Waals surface area (Å²) in [5, 5.41) is 0. The second kappa shape index (κ2) is 6.92. The average Bonchev–Trinajstić information content (AvgIpc) is 1.61. The van der Waals surface area contributed by atoms with Crippen LogP contribution in [-0.2, 0) is 0 Å². The van der Waals surface area contributed by atoms with Crippen molar-refractivity contribution in [2.24, 2.45) is 0 Å². The molecule has 2 nitrogen and oxygen atoms in total. The smallest absolute Gasteiger partial charge is 0.0103 e. The zero-order valence-corrected chi connectivity index (χ0v) is 10.2. The molecule has 0 rings (SSSR count). The monoisotopic (exact) mass is 325 g/mol. The Labute approximate surface area is 77.3 Å². The first kappa shape index (κ1) is 12.5. The van der Waals surface area contributed by atoms with Crippen LogP contribution in [0.25, 0.3) is 0 Å². The third-order valence-corrected chi connectivity index (χ3v) is 0.994. The van der Waals surface area contributed by atoms with Crippen LogP contribution in [0.4, 0.5) is 0 Å². The van der Waals surface area contributed by atoms with E-state index < -0.39 is 0 Å². The summed E-state index contributed by atoms with van der Waals surface area (Å²) in [5.74, 6) is 0. The number of hydrogen-bond donors (Lipinski definition) is 0. The average molecular weight is 325 g/mol. The molecule has 0 fully saturated rings. The van der Waals surface area contributed by atoms with Crippen molar-refractivity contribution in [1.29, 1.82) is 0 Å². The Bertz CT molecular complexity index is 47.0. The predicted molar refractivity (Wildman–Crippen MR) is 42.9 cm³/mol. The number of rotatable bonds is 3. The Hall–Kier alpha value is 0.803. The SMILES string of the molecule is CN(C)CCN(C)C.[Bi]. The molecule has 0 aromatic carbocycles. The summed E-state index contributed by atoms with van der Waals surface area (Å²) in [6.07, 6.45) is 0. The van der Waals surface area contributed by atoms with Crippen LogP contribution >= 0.6 is 0 Å². The van der Waals surface area contributed by atoms with Crippen LogP contribution < -0.4 is 0 Å². The topological polar surface area (TPSA) is 6.48 Å². The van der Waals surface area contributed by atoms with E-state index in [4.69, 9.17) is 0 Å². The minimum atomic E-state index is 0. The van der Waals surface area contributed by atoms with Gasteiger partial charge in [-0.05, 0) is 28.2 Å². The van der Waals surface area contributed by atoms with E-state index in [1.165, 1.54) is 0 Å². The molecule has 0 saturated carbocycles. The molecule has 0 atom stereocenters. The van der Waals surface area contributed by atoms with Crippen LogP contribution in [0.1, 0.15) is 0 Å². The summed E-state index contributed by atoms with van der Waals surface area (Å²) in [4.78, 5) is 4.36. The van der Waals surface area contributed by atoms with Gasteiger partial charge in [-0.3, -0.25) is 0 Å². The predicted octanol–water partition coefficient (Wildman–Crippen LogP) is -0.271. The van der Waals surface area contributed by atoms with Gasteiger partial charge in [0.05, 0.1) is 0 Å². The van der Waals surface area contributed by atoms with Crippen molar-refractivity contribution in [3.05, 3.63) is 0 Å². The van der Waals surface area contributed by atoms with Crippen LogP contribution in [-0.4, -0.2) is 77.3 Å². The van der Waals surface area contributed by atoms with Gasteiger partial charge in [-0.2, -0.15) is 0 Å². The van der Waals surface area contributed by atoms with Gasteiger partial charge < -0.3 is 9.80 Å². The van der Waals surface area contributed by atoms with E-state index in [1.54, 1.807) is 0 Å². The van der Waals surface area contributed by atoms with E-state index in [2.05, 4.69) is 38.0 Å². The molecular weight excluding hydrogens is 309 g/mol. The fourth-order valence-electron chi connectivity index (χ4n) is 0.400. The molecule has 0 bridgehead atoms. The maximum Gasteiger partial charge on any atom is 0.0103 e. The Kier molecular flexibility index (Phi) is 9.59. The first-order valence-corrected chi connectivity index (χ1v) is 2.92. The molecule has 0 unspecified atom stereocenters. The Morgan fingerprint density at radius 2 is 1.00 bits per heavy atom. The van der Waals surface area contributed by atoms with Gasteiger partial charge in [0, 0.05) is 39.3 Å². The second-order valence-corrected chi connectivity index (χ2v) is 2.61. The quantitative estimate of drug-likeness (QED) is 0.659. The summed E-state index contributed by atoms with van der Waals surface area (Å²) >= 11 is 0. The molecule has 0 aliphatic carbocycles. The fraction of sp³-hybridized carbons (Fsp3) is 1.00. The third-order valence-electron chi connectivity index (χ3n) is 0.994. The van der Waals surface area contributed by atoms with Gasteiger partial charge in [-0.25, -0.2) is 0 Å². The van der Waals surface area contributed by atoms with E-state index in [0.29, 0.717) is 0 Å². The minimum absolute atomic E-state index is 0. The number of likely N-dealkylation sites (N-methyl/N-ethyl adjacent to an activating group) is 2. The summed E-state index contributed by atoms with van der Waals surface area (Å²) in [7, 11) is 8.35. The van der Waals surface area contributed by atoms with Gasteiger partial charge >= 0.3 is 0 Å². The Morgan fingerprint density at radius 1 is 0.778 bits per heavy atom. The zero-order valence-electron chi connectivity index (χ0n) is 6.76. The van der Waals surface area contributed by atoms with Crippen LogP contribution in [0.5, 0.6) is 0 Å². The van der Waals surface area contributed by atoms with Crippen LogP contribution in [0.2, 0.25) is 0 Å². The summed E-state index contributed by atoms with van der Waals surface area (Å²) in [6, 6.07) is 0. The van der Waals surface area contributed by atoms with Gasteiger partial charge in [0.15, 0.2) is 0 Å². The summed E-state index contributed by atoms with van der Waals surface area (Å²) in [6.45, 7) is 2.29.